The lowest BCUT2D eigenvalue weighted by atomic mass is 9.50. The lowest BCUT2D eigenvalue weighted by Crippen LogP contribution is -2.51. The van der Waals surface area contributed by atoms with Crippen LogP contribution in [0.5, 0.6) is 0 Å². The second-order valence-electron chi connectivity index (χ2n) is 15.2. The first-order chi connectivity index (χ1) is 24.6. The van der Waals surface area contributed by atoms with Gasteiger partial charge in [-0.2, -0.15) is 0 Å². The van der Waals surface area contributed by atoms with E-state index < -0.39 is 24.4 Å². The summed E-state index contributed by atoms with van der Waals surface area (Å²) in [6.07, 6.45) is 8.05. The number of benzene rings is 3. The van der Waals surface area contributed by atoms with E-state index in [1.54, 1.807) is 0 Å². The molecular weight excluding hydrogens is 628 g/mol. The molecule has 0 radical (unpaired) electrons. The van der Waals surface area contributed by atoms with Gasteiger partial charge >= 0.3 is 0 Å². The van der Waals surface area contributed by atoms with Gasteiger partial charge in [-0.25, -0.2) is 0 Å². The van der Waals surface area contributed by atoms with Crippen LogP contribution in [-0.2, 0) is 43.5 Å². The number of ether oxygens (including phenoxy) is 5. The molecule has 272 valence electrons. The van der Waals surface area contributed by atoms with Gasteiger partial charge in [-0.15, -0.1) is 0 Å². The highest BCUT2D eigenvalue weighted by Gasteiger charge is 2.50. The molecule has 0 heterocycles. The first kappa shape index (κ1) is 37.1. The maximum Gasteiger partial charge on any atom is 0.115 e. The predicted molar refractivity (Wildman–Crippen MR) is 194 cm³/mol. The Morgan fingerprint density at radius 1 is 0.580 bits per heavy atom. The average molecular weight is 687 g/mol. The van der Waals surface area contributed by atoms with Crippen molar-refractivity contribution in [2.24, 2.45) is 23.2 Å². The van der Waals surface area contributed by atoms with Gasteiger partial charge in [0.15, 0.2) is 0 Å². The molecule has 0 spiro atoms. The highest BCUT2D eigenvalue weighted by atomic mass is 16.6. The van der Waals surface area contributed by atoms with Gasteiger partial charge in [-0.05, 0) is 97.6 Å². The van der Waals surface area contributed by atoms with Gasteiger partial charge in [-0.3, -0.25) is 0 Å². The van der Waals surface area contributed by atoms with Gasteiger partial charge < -0.3 is 33.9 Å². The number of aliphatic hydroxyl groups is 2. The number of rotatable bonds is 23. The Labute approximate surface area is 299 Å². The van der Waals surface area contributed by atoms with Crippen LogP contribution in [0.1, 0.15) is 74.5 Å². The van der Waals surface area contributed by atoms with Crippen molar-refractivity contribution in [1.29, 1.82) is 0 Å². The fourth-order valence-electron chi connectivity index (χ4n) is 9.06. The third kappa shape index (κ3) is 10.9. The molecule has 4 fully saturated rings. The first-order valence-corrected chi connectivity index (χ1v) is 19.0. The Morgan fingerprint density at radius 3 is 1.66 bits per heavy atom. The van der Waals surface area contributed by atoms with Crippen LogP contribution in [0, 0.1) is 23.2 Å². The van der Waals surface area contributed by atoms with Crippen LogP contribution in [0.4, 0.5) is 0 Å². The quantitative estimate of drug-likeness (QED) is 0.0999. The second-order valence-corrected chi connectivity index (χ2v) is 15.2. The Hall–Kier alpha value is -2.62. The van der Waals surface area contributed by atoms with Crippen molar-refractivity contribution < 1.29 is 33.9 Å². The van der Waals surface area contributed by atoms with Crippen LogP contribution in [-0.4, -0.2) is 67.7 Å². The summed E-state index contributed by atoms with van der Waals surface area (Å²) in [4.78, 5) is 0. The Morgan fingerprint density at radius 2 is 1.10 bits per heavy atom. The summed E-state index contributed by atoms with van der Waals surface area (Å²) >= 11 is 0. The van der Waals surface area contributed by atoms with Gasteiger partial charge in [0.05, 0.1) is 39.6 Å². The van der Waals surface area contributed by atoms with Gasteiger partial charge in [-0.1, -0.05) is 91.0 Å². The van der Waals surface area contributed by atoms with E-state index in [0.717, 1.165) is 66.9 Å². The van der Waals surface area contributed by atoms with Gasteiger partial charge in [0.2, 0.25) is 0 Å². The fraction of sp³-hybridized carbons (Fsp3) is 0.581. The predicted octanol–water partition coefficient (Wildman–Crippen LogP) is 7.52. The molecule has 4 atom stereocenters. The minimum Gasteiger partial charge on any atom is -0.394 e. The summed E-state index contributed by atoms with van der Waals surface area (Å²) < 4.78 is 31.5. The number of hydrogen-bond acceptors (Lipinski definition) is 7. The summed E-state index contributed by atoms with van der Waals surface area (Å²) in [6, 6.07) is 29.7. The third-order valence-corrected chi connectivity index (χ3v) is 11.1. The molecule has 2 N–H and O–H groups in total. The Bertz CT molecular complexity index is 1320. The van der Waals surface area contributed by atoms with Crippen LogP contribution in [0.3, 0.4) is 0 Å². The first-order valence-electron chi connectivity index (χ1n) is 19.0. The second kappa shape index (κ2) is 19.3. The van der Waals surface area contributed by atoms with Crippen molar-refractivity contribution in [3.05, 3.63) is 108 Å². The van der Waals surface area contributed by atoms with Gasteiger partial charge in [0, 0.05) is 13.2 Å². The molecule has 4 aliphatic carbocycles. The molecule has 0 aliphatic heterocycles. The SMILES string of the molecule is OC[C@H](OCc1ccccc1)[C@@H](OCCCCCOCC12CC3CC(CC(C3)C1)C2)[C@H](OCc1ccccc1)[C@H](O)COCc1ccccc1. The van der Waals surface area contributed by atoms with E-state index >= 15 is 0 Å². The molecule has 3 aromatic carbocycles. The average Bonchev–Trinajstić information content (AvgIpc) is 3.13. The smallest absolute Gasteiger partial charge is 0.115 e. The van der Waals surface area contributed by atoms with E-state index in [2.05, 4.69) is 0 Å². The van der Waals surface area contributed by atoms with Crippen molar-refractivity contribution >= 4 is 0 Å². The molecule has 0 unspecified atom stereocenters. The molecule has 4 saturated carbocycles. The van der Waals surface area contributed by atoms with Gasteiger partial charge in [0.25, 0.3) is 0 Å². The summed E-state index contributed by atoms with van der Waals surface area (Å²) in [5.74, 6) is 2.84. The van der Waals surface area contributed by atoms with E-state index in [1.165, 1.54) is 38.5 Å². The highest BCUT2D eigenvalue weighted by Crippen LogP contribution is 2.60. The summed E-state index contributed by atoms with van der Waals surface area (Å²) in [5.41, 5.74) is 3.44. The Kier molecular flexibility index (Phi) is 14.3. The molecular formula is C43H58O7. The van der Waals surface area contributed by atoms with E-state index in [9.17, 15) is 10.2 Å². The van der Waals surface area contributed by atoms with E-state index in [-0.39, 0.29) is 19.8 Å². The van der Waals surface area contributed by atoms with Crippen LogP contribution < -0.4 is 0 Å². The molecule has 4 aliphatic rings. The zero-order chi connectivity index (χ0) is 34.4. The minimum atomic E-state index is -1.01. The maximum absolute atomic E-state index is 11.6. The normalized spacial score (nSPS) is 25.0. The van der Waals surface area contributed by atoms with Gasteiger partial charge in [0.1, 0.15) is 24.4 Å². The Balaban J connectivity index is 1.04. The monoisotopic (exact) mass is 686 g/mol. The molecule has 4 bridgehead atoms. The zero-order valence-corrected chi connectivity index (χ0v) is 29.7. The minimum absolute atomic E-state index is 0.0477. The van der Waals surface area contributed by atoms with Crippen LogP contribution >= 0.6 is 0 Å². The largest absolute Gasteiger partial charge is 0.394 e. The van der Waals surface area contributed by atoms with Crippen LogP contribution in [0.25, 0.3) is 0 Å². The molecule has 3 aromatic rings. The van der Waals surface area contributed by atoms with Crippen LogP contribution in [0.2, 0.25) is 0 Å². The summed E-state index contributed by atoms with van der Waals surface area (Å²) in [6.45, 7) is 2.88. The fourth-order valence-corrected chi connectivity index (χ4v) is 9.06. The van der Waals surface area contributed by atoms with E-state index in [0.29, 0.717) is 25.2 Å². The lowest BCUT2D eigenvalue weighted by Gasteiger charge is -2.56. The topological polar surface area (TPSA) is 86.6 Å². The van der Waals surface area contributed by atoms with Crippen molar-refractivity contribution in [2.75, 3.05) is 33.0 Å². The molecule has 50 heavy (non-hydrogen) atoms. The standard InChI is InChI=1S/C43H58O7/c44-27-40(49-29-34-15-7-2-8-16-34)42(48-20-12-4-11-19-46-32-43-24-36-21-37(25-43)23-38(22-36)26-43)41(50-30-35-17-9-3-10-18-35)39(45)31-47-28-33-13-5-1-6-14-33/h1-3,5-10,13-18,36-42,44-45H,4,11-12,19-32H2/t36?,37?,38?,39-,40+,41-,42-,43?/m1/s1. The molecule has 7 nitrogen and oxygen atoms in total. The molecule has 7 heteroatoms. The zero-order valence-electron chi connectivity index (χ0n) is 29.7. The van der Waals surface area contributed by atoms with E-state index in [1.807, 2.05) is 91.0 Å². The van der Waals surface area contributed by atoms with Crippen LogP contribution in [0.15, 0.2) is 91.0 Å². The molecule has 0 amide bonds. The number of aliphatic hydroxyl groups excluding tert-OH is 2. The lowest BCUT2D eigenvalue weighted by molar-refractivity contribution is -0.190. The highest BCUT2D eigenvalue weighted by molar-refractivity contribution is 5.15. The number of unbranched alkanes of at least 4 members (excludes halogenated alkanes) is 2. The van der Waals surface area contributed by atoms with Crippen molar-refractivity contribution in [3.8, 4) is 0 Å². The van der Waals surface area contributed by atoms with Crippen molar-refractivity contribution in [2.45, 2.75) is 102 Å². The van der Waals surface area contributed by atoms with Crippen molar-refractivity contribution in [1.82, 2.24) is 0 Å². The molecule has 0 aromatic heterocycles. The summed E-state index contributed by atoms with van der Waals surface area (Å²) in [5, 5.41) is 22.2. The molecule has 0 saturated heterocycles. The van der Waals surface area contributed by atoms with Crippen molar-refractivity contribution in [3.63, 3.8) is 0 Å². The third-order valence-electron chi connectivity index (χ3n) is 11.1. The van der Waals surface area contributed by atoms with E-state index in [4.69, 9.17) is 23.7 Å². The molecule has 7 rings (SSSR count). The maximum atomic E-state index is 11.6. The summed E-state index contributed by atoms with van der Waals surface area (Å²) in [7, 11) is 0. The number of hydrogen-bond donors (Lipinski definition) is 2.